The number of anilines is 1. The van der Waals surface area contributed by atoms with E-state index in [0.717, 1.165) is 5.69 Å². The standard InChI is InChI=1S/C9H13NS2/c1-11-6-7-12-9-4-2-8(10)3-5-9/h2-5H,6-7,10H2,1H3. The third kappa shape index (κ3) is 3.41. The van der Waals surface area contributed by atoms with Gasteiger partial charge in [0, 0.05) is 22.1 Å². The van der Waals surface area contributed by atoms with Gasteiger partial charge in [-0.2, -0.15) is 11.8 Å². The summed E-state index contributed by atoms with van der Waals surface area (Å²) >= 11 is 3.76. The molecule has 0 heterocycles. The van der Waals surface area contributed by atoms with Gasteiger partial charge in [-0.05, 0) is 30.5 Å². The van der Waals surface area contributed by atoms with Crippen LogP contribution in [0.4, 0.5) is 5.69 Å². The Morgan fingerprint density at radius 3 is 2.42 bits per heavy atom. The molecule has 0 radical (unpaired) electrons. The zero-order valence-corrected chi connectivity index (χ0v) is 8.75. The van der Waals surface area contributed by atoms with Gasteiger partial charge in [0.1, 0.15) is 0 Å². The van der Waals surface area contributed by atoms with Crippen LogP contribution in [0.5, 0.6) is 0 Å². The fourth-order valence-corrected chi connectivity index (χ4v) is 2.37. The van der Waals surface area contributed by atoms with Crippen LogP contribution < -0.4 is 5.73 Å². The third-order valence-corrected chi connectivity index (χ3v) is 3.32. The summed E-state index contributed by atoms with van der Waals surface area (Å²) in [5, 5.41) is 0. The first-order valence-corrected chi connectivity index (χ1v) is 6.18. The van der Waals surface area contributed by atoms with Crippen LogP contribution in [0.25, 0.3) is 0 Å². The lowest BCUT2D eigenvalue weighted by Gasteiger charge is -1.99. The zero-order chi connectivity index (χ0) is 8.81. The van der Waals surface area contributed by atoms with Crippen molar-refractivity contribution in [3.8, 4) is 0 Å². The minimum absolute atomic E-state index is 0.837. The van der Waals surface area contributed by atoms with Crippen LogP contribution in [-0.4, -0.2) is 17.8 Å². The van der Waals surface area contributed by atoms with Crippen molar-refractivity contribution in [1.29, 1.82) is 0 Å². The van der Waals surface area contributed by atoms with E-state index in [4.69, 9.17) is 5.73 Å². The minimum Gasteiger partial charge on any atom is -0.399 e. The van der Waals surface area contributed by atoms with Crippen molar-refractivity contribution in [3.05, 3.63) is 24.3 Å². The van der Waals surface area contributed by atoms with E-state index in [9.17, 15) is 0 Å². The van der Waals surface area contributed by atoms with Crippen LogP contribution in [0.3, 0.4) is 0 Å². The van der Waals surface area contributed by atoms with E-state index in [1.165, 1.54) is 16.4 Å². The first-order chi connectivity index (χ1) is 5.83. The van der Waals surface area contributed by atoms with Gasteiger partial charge in [0.2, 0.25) is 0 Å². The minimum atomic E-state index is 0.837. The van der Waals surface area contributed by atoms with E-state index in [-0.39, 0.29) is 0 Å². The highest BCUT2D eigenvalue weighted by atomic mass is 32.2. The average Bonchev–Trinajstić information content (AvgIpc) is 2.09. The van der Waals surface area contributed by atoms with Gasteiger partial charge in [-0.25, -0.2) is 0 Å². The molecule has 0 unspecified atom stereocenters. The van der Waals surface area contributed by atoms with Gasteiger partial charge in [0.25, 0.3) is 0 Å². The summed E-state index contributed by atoms with van der Waals surface area (Å²) in [6, 6.07) is 8.03. The number of nitrogens with two attached hydrogens (primary N) is 1. The summed E-state index contributed by atoms with van der Waals surface area (Å²) in [5.41, 5.74) is 6.41. The monoisotopic (exact) mass is 199 g/mol. The van der Waals surface area contributed by atoms with E-state index < -0.39 is 0 Å². The first kappa shape index (κ1) is 9.81. The number of nitrogen functional groups attached to an aromatic ring is 1. The maximum Gasteiger partial charge on any atom is 0.0314 e. The molecule has 0 aromatic heterocycles. The fourth-order valence-electron chi connectivity index (χ4n) is 0.807. The molecule has 0 amide bonds. The molecular formula is C9H13NS2. The van der Waals surface area contributed by atoms with Crippen LogP contribution in [0.1, 0.15) is 0 Å². The van der Waals surface area contributed by atoms with Crippen molar-refractivity contribution in [1.82, 2.24) is 0 Å². The molecule has 66 valence electrons. The molecule has 2 N–H and O–H groups in total. The van der Waals surface area contributed by atoms with Gasteiger partial charge in [-0.3, -0.25) is 0 Å². The molecule has 0 aliphatic heterocycles. The number of hydrogen-bond acceptors (Lipinski definition) is 3. The summed E-state index contributed by atoms with van der Waals surface area (Å²) in [4.78, 5) is 1.30. The molecule has 3 heteroatoms. The third-order valence-electron chi connectivity index (χ3n) is 1.44. The second-order valence-corrected chi connectivity index (χ2v) is 4.56. The predicted octanol–water partition coefficient (Wildman–Crippen LogP) is 2.72. The summed E-state index contributed by atoms with van der Waals surface area (Å²) in [6.07, 6.45) is 2.13. The van der Waals surface area contributed by atoms with Crippen molar-refractivity contribution in [2.75, 3.05) is 23.5 Å². The number of benzene rings is 1. The van der Waals surface area contributed by atoms with Gasteiger partial charge < -0.3 is 5.73 Å². The second-order valence-electron chi connectivity index (χ2n) is 2.41. The van der Waals surface area contributed by atoms with Gasteiger partial charge >= 0.3 is 0 Å². The fraction of sp³-hybridized carbons (Fsp3) is 0.333. The molecule has 1 rings (SSSR count). The summed E-state index contributed by atoms with van der Waals surface area (Å²) < 4.78 is 0. The molecule has 0 atom stereocenters. The normalized spacial score (nSPS) is 10.1. The first-order valence-electron chi connectivity index (χ1n) is 3.80. The Hall–Kier alpha value is -0.280. The quantitative estimate of drug-likeness (QED) is 0.459. The molecule has 0 fully saturated rings. The SMILES string of the molecule is CSCCSc1ccc(N)cc1. The maximum atomic E-state index is 5.57. The Kier molecular flexibility index (Phi) is 4.40. The number of hydrogen-bond donors (Lipinski definition) is 1. The van der Waals surface area contributed by atoms with E-state index in [2.05, 4.69) is 18.4 Å². The van der Waals surface area contributed by atoms with Crippen molar-refractivity contribution < 1.29 is 0 Å². The van der Waals surface area contributed by atoms with Gasteiger partial charge in [0.15, 0.2) is 0 Å². The summed E-state index contributed by atoms with van der Waals surface area (Å²) in [7, 11) is 0. The highest BCUT2D eigenvalue weighted by molar-refractivity contribution is 8.02. The van der Waals surface area contributed by atoms with Crippen LogP contribution >= 0.6 is 23.5 Å². The van der Waals surface area contributed by atoms with E-state index in [1.807, 2.05) is 35.7 Å². The van der Waals surface area contributed by atoms with Gasteiger partial charge in [-0.1, -0.05) is 0 Å². The van der Waals surface area contributed by atoms with Gasteiger partial charge in [-0.15, -0.1) is 11.8 Å². The zero-order valence-electron chi connectivity index (χ0n) is 7.12. The maximum absolute atomic E-state index is 5.57. The molecule has 12 heavy (non-hydrogen) atoms. The Morgan fingerprint density at radius 1 is 1.17 bits per heavy atom. The lowest BCUT2D eigenvalue weighted by molar-refractivity contribution is 1.44. The summed E-state index contributed by atoms with van der Waals surface area (Å²) in [6.45, 7) is 0. The molecule has 0 spiro atoms. The molecule has 1 aromatic carbocycles. The van der Waals surface area contributed by atoms with E-state index >= 15 is 0 Å². The second kappa shape index (κ2) is 5.38. The summed E-state index contributed by atoms with van der Waals surface area (Å²) in [5.74, 6) is 2.38. The smallest absolute Gasteiger partial charge is 0.0314 e. The Labute approximate surface area is 82.1 Å². The highest BCUT2D eigenvalue weighted by Crippen LogP contribution is 2.19. The largest absolute Gasteiger partial charge is 0.399 e. The van der Waals surface area contributed by atoms with Crippen molar-refractivity contribution in [2.24, 2.45) is 0 Å². The molecular weight excluding hydrogens is 186 g/mol. The van der Waals surface area contributed by atoms with Crippen molar-refractivity contribution in [3.63, 3.8) is 0 Å². The number of thioether (sulfide) groups is 2. The van der Waals surface area contributed by atoms with E-state index in [1.54, 1.807) is 0 Å². The van der Waals surface area contributed by atoms with Crippen molar-refractivity contribution in [2.45, 2.75) is 4.90 Å². The highest BCUT2D eigenvalue weighted by Gasteiger charge is 1.92. The molecule has 1 aromatic rings. The lowest BCUT2D eigenvalue weighted by atomic mass is 10.3. The lowest BCUT2D eigenvalue weighted by Crippen LogP contribution is -1.84. The molecule has 0 saturated carbocycles. The Bertz CT molecular complexity index is 220. The van der Waals surface area contributed by atoms with Crippen molar-refractivity contribution >= 4 is 29.2 Å². The Balaban J connectivity index is 2.37. The molecule has 0 aliphatic carbocycles. The van der Waals surface area contributed by atoms with Crippen LogP contribution in [-0.2, 0) is 0 Å². The Morgan fingerprint density at radius 2 is 1.83 bits per heavy atom. The molecule has 1 nitrogen and oxygen atoms in total. The topological polar surface area (TPSA) is 26.0 Å². The van der Waals surface area contributed by atoms with E-state index in [0.29, 0.717) is 0 Å². The van der Waals surface area contributed by atoms with Crippen LogP contribution in [0.15, 0.2) is 29.2 Å². The molecule has 0 bridgehead atoms. The van der Waals surface area contributed by atoms with Gasteiger partial charge in [0.05, 0.1) is 0 Å². The van der Waals surface area contributed by atoms with Crippen LogP contribution in [0, 0.1) is 0 Å². The van der Waals surface area contributed by atoms with Crippen LogP contribution in [0.2, 0.25) is 0 Å². The molecule has 0 saturated heterocycles. The number of rotatable bonds is 4. The predicted molar refractivity (Wildman–Crippen MR) is 60.0 cm³/mol. The average molecular weight is 199 g/mol. The molecule has 0 aliphatic rings.